The van der Waals surface area contributed by atoms with Crippen LogP contribution in [-0.4, -0.2) is 35.5 Å². The number of nitrogens with one attached hydrogen (secondary N) is 1. The van der Waals surface area contributed by atoms with E-state index in [1.54, 1.807) is 0 Å². The topological polar surface area (TPSA) is 52.5 Å². The van der Waals surface area contributed by atoms with Crippen LogP contribution in [-0.2, 0) is 0 Å². The van der Waals surface area contributed by atoms with Gasteiger partial charge >= 0.3 is 0 Å². The zero-order chi connectivity index (χ0) is 8.10. The normalized spacial score (nSPS) is 31.1. The Morgan fingerprint density at radius 2 is 1.45 bits per heavy atom. The van der Waals surface area contributed by atoms with Crippen molar-refractivity contribution in [2.24, 2.45) is 0 Å². The van der Waals surface area contributed by atoms with Crippen LogP contribution >= 0.6 is 0 Å². The Morgan fingerprint density at radius 1 is 1.00 bits per heavy atom. The minimum Gasteiger partial charge on any atom is -0.396 e. The van der Waals surface area contributed by atoms with Crippen LogP contribution in [0, 0.1) is 0 Å². The van der Waals surface area contributed by atoms with Gasteiger partial charge in [0.25, 0.3) is 0 Å². The van der Waals surface area contributed by atoms with Crippen LogP contribution in [0.1, 0.15) is 25.7 Å². The molecule has 1 saturated heterocycles. The monoisotopic (exact) mass is 159 g/mol. The number of hydrogen-bond acceptors (Lipinski definition) is 3. The predicted octanol–water partition coefficient (Wildman–Crippen LogP) is -0.128. The number of aliphatic hydroxyl groups excluding tert-OH is 2. The molecule has 3 nitrogen and oxygen atoms in total. The third-order valence-electron chi connectivity index (χ3n) is 2.29. The highest BCUT2D eigenvalue weighted by Gasteiger charge is 2.21. The van der Waals surface area contributed by atoms with E-state index in [0.29, 0.717) is 12.1 Å². The fourth-order valence-electron chi connectivity index (χ4n) is 1.67. The van der Waals surface area contributed by atoms with Gasteiger partial charge in [-0.25, -0.2) is 0 Å². The summed E-state index contributed by atoms with van der Waals surface area (Å²) in [5, 5.41) is 20.7. The van der Waals surface area contributed by atoms with Crippen LogP contribution in [0.25, 0.3) is 0 Å². The van der Waals surface area contributed by atoms with Crippen molar-refractivity contribution in [3.63, 3.8) is 0 Å². The molecular formula is C8H17NO2. The lowest BCUT2D eigenvalue weighted by Crippen LogP contribution is -2.30. The van der Waals surface area contributed by atoms with Gasteiger partial charge in [0.05, 0.1) is 0 Å². The Labute approximate surface area is 67.4 Å². The van der Waals surface area contributed by atoms with Crippen LogP contribution in [0.5, 0.6) is 0 Å². The minimum absolute atomic E-state index is 0.267. The molecule has 0 saturated carbocycles. The van der Waals surface area contributed by atoms with Gasteiger partial charge in [-0.15, -0.1) is 0 Å². The molecule has 0 aromatic heterocycles. The molecule has 0 aliphatic carbocycles. The van der Waals surface area contributed by atoms with Gasteiger partial charge in [0.2, 0.25) is 0 Å². The number of hydrogen-bond donors (Lipinski definition) is 3. The van der Waals surface area contributed by atoms with Crippen molar-refractivity contribution < 1.29 is 10.2 Å². The SMILES string of the molecule is OCCC1CCC(CCO)N1. The van der Waals surface area contributed by atoms with Crippen molar-refractivity contribution in [1.82, 2.24) is 5.32 Å². The van der Waals surface area contributed by atoms with Crippen LogP contribution in [0.15, 0.2) is 0 Å². The summed E-state index contributed by atoms with van der Waals surface area (Å²) in [6.07, 6.45) is 3.99. The van der Waals surface area contributed by atoms with E-state index < -0.39 is 0 Å². The zero-order valence-corrected chi connectivity index (χ0v) is 6.79. The molecule has 2 atom stereocenters. The van der Waals surface area contributed by atoms with Crippen molar-refractivity contribution in [2.75, 3.05) is 13.2 Å². The molecule has 2 unspecified atom stereocenters. The van der Waals surface area contributed by atoms with Gasteiger partial charge in [-0.05, 0) is 25.7 Å². The standard InChI is InChI=1S/C8H17NO2/c10-5-3-7-1-2-8(9-7)4-6-11/h7-11H,1-6H2. The molecule has 0 aromatic rings. The Balaban J connectivity index is 2.12. The van der Waals surface area contributed by atoms with Crippen molar-refractivity contribution in [3.8, 4) is 0 Å². The Morgan fingerprint density at radius 3 is 1.82 bits per heavy atom. The average Bonchev–Trinajstić information content (AvgIpc) is 2.38. The number of aliphatic hydroxyl groups is 2. The van der Waals surface area contributed by atoms with Crippen LogP contribution < -0.4 is 5.32 Å². The molecule has 3 heteroatoms. The fraction of sp³-hybridized carbons (Fsp3) is 1.00. The average molecular weight is 159 g/mol. The maximum Gasteiger partial charge on any atom is 0.0445 e. The maximum absolute atomic E-state index is 8.65. The molecule has 66 valence electrons. The lowest BCUT2D eigenvalue weighted by Gasteiger charge is -2.11. The van der Waals surface area contributed by atoms with Gasteiger partial charge in [-0.2, -0.15) is 0 Å². The van der Waals surface area contributed by atoms with Gasteiger partial charge in [-0.3, -0.25) is 0 Å². The summed E-state index contributed by atoms with van der Waals surface area (Å²) < 4.78 is 0. The van der Waals surface area contributed by atoms with Crippen molar-refractivity contribution >= 4 is 0 Å². The molecule has 1 rings (SSSR count). The first kappa shape index (κ1) is 8.97. The van der Waals surface area contributed by atoms with Crippen LogP contribution in [0.3, 0.4) is 0 Å². The molecule has 1 heterocycles. The van der Waals surface area contributed by atoms with Crippen molar-refractivity contribution in [3.05, 3.63) is 0 Å². The summed E-state index contributed by atoms with van der Waals surface area (Å²) in [7, 11) is 0. The third-order valence-corrected chi connectivity index (χ3v) is 2.29. The van der Waals surface area contributed by atoms with Crippen LogP contribution in [0.2, 0.25) is 0 Å². The summed E-state index contributed by atoms with van der Waals surface area (Å²) in [5.74, 6) is 0. The third kappa shape index (κ3) is 2.77. The first-order chi connectivity index (χ1) is 5.36. The van der Waals surface area contributed by atoms with E-state index in [1.807, 2.05) is 0 Å². The van der Waals surface area contributed by atoms with Gasteiger partial charge in [-0.1, -0.05) is 0 Å². The second-order valence-electron chi connectivity index (χ2n) is 3.16. The lowest BCUT2D eigenvalue weighted by molar-refractivity contribution is 0.257. The van der Waals surface area contributed by atoms with Gasteiger partial charge in [0.1, 0.15) is 0 Å². The second kappa shape index (κ2) is 4.70. The smallest absolute Gasteiger partial charge is 0.0445 e. The highest BCUT2D eigenvalue weighted by Crippen LogP contribution is 2.16. The first-order valence-corrected chi connectivity index (χ1v) is 4.34. The Bertz CT molecular complexity index is 96.3. The molecule has 3 N–H and O–H groups in total. The van der Waals surface area contributed by atoms with Gasteiger partial charge in [0.15, 0.2) is 0 Å². The van der Waals surface area contributed by atoms with Gasteiger partial charge < -0.3 is 15.5 Å². The number of rotatable bonds is 4. The second-order valence-corrected chi connectivity index (χ2v) is 3.16. The summed E-state index contributed by atoms with van der Waals surface area (Å²) in [6.45, 7) is 0.535. The van der Waals surface area contributed by atoms with Crippen LogP contribution in [0.4, 0.5) is 0 Å². The van der Waals surface area contributed by atoms with E-state index in [0.717, 1.165) is 25.7 Å². The summed E-state index contributed by atoms with van der Waals surface area (Å²) >= 11 is 0. The lowest BCUT2D eigenvalue weighted by atomic mass is 10.1. The molecule has 0 amide bonds. The predicted molar refractivity (Wildman–Crippen MR) is 43.4 cm³/mol. The molecule has 0 spiro atoms. The summed E-state index contributed by atoms with van der Waals surface area (Å²) in [4.78, 5) is 0. The van der Waals surface area contributed by atoms with E-state index in [4.69, 9.17) is 10.2 Å². The highest BCUT2D eigenvalue weighted by atomic mass is 16.3. The maximum atomic E-state index is 8.65. The highest BCUT2D eigenvalue weighted by molar-refractivity contribution is 4.82. The van der Waals surface area contributed by atoms with E-state index in [1.165, 1.54) is 0 Å². The zero-order valence-electron chi connectivity index (χ0n) is 6.79. The molecular weight excluding hydrogens is 142 g/mol. The van der Waals surface area contributed by atoms with E-state index in [9.17, 15) is 0 Å². The molecule has 0 aromatic carbocycles. The fourth-order valence-corrected chi connectivity index (χ4v) is 1.67. The largest absolute Gasteiger partial charge is 0.396 e. The Kier molecular flexibility index (Phi) is 3.83. The summed E-state index contributed by atoms with van der Waals surface area (Å²) in [6, 6.07) is 0.966. The molecule has 0 radical (unpaired) electrons. The molecule has 1 fully saturated rings. The van der Waals surface area contributed by atoms with E-state index in [-0.39, 0.29) is 13.2 Å². The molecule has 1 aliphatic rings. The minimum atomic E-state index is 0.267. The quantitative estimate of drug-likeness (QED) is 0.535. The first-order valence-electron chi connectivity index (χ1n) is 4.34. The van der Waals surface area contributed by atoms with E-state index in [2.05, 4.69) is 5.32 Å². The molecule has 1 aliphatic heterocycles. The molecule has 11 heavy (non-hydrogen) atoms. The van der Waals surface area contributed by atoms with Crippen molar-refractivity contribution in [2.45, 2.75) is 37.8 Å². The van der Waals surface area contributed by atoms with Crippen molar-refractivity contribution in [1.29, 1.82) is 0 Å². The van der Waals surface area contributed by atoms with E-state index >= 15 is 0 Å². The Hall–Kier alpha value is -0.120. The molecule has 0 bridgehead atoms. The summed E-state index contributed by atoms with van der Waals surface area (Å²) in [5.41, 5.74) is 0. The van der Waals surface area contributed by atoms with Gasteiger partial charge in [0, 0.05) is 25.3 Å².